The first-order chi connectivity index (χ1) is 13.0. The van der Waals surface area contributed by atoms with Crippen molar-refractivity contribution in [3.63, 3.8) is 0 Å². The number of piperidine rings is 1. The zero-order valence-corrected chi connectivity index (χ0v) is 15.7. The highest BCUT2D eigenvalue weighted by molar-refractivity contribution is 5.97. The van der Waals surface area contributed by atoms with Crippen LogP contribution in [0.25, 0.3) is 0 Å². The fourth-order valence-corrected chi connectivity index (χ4v) is 3.24. The molecule has 1 aliphatic rings. The molecule has 8 nitrogen and oxygen atoms in total. The fourth-order valence-electron chi connectivity index (χ4n) is 3.24. The molecule has 1 fully saturated rings. The van der Waals surface area contributed by atoms with E-state index < -0.39 is 5.54 Å². The number of hydrogen-bond donors (Lipinski definition) is 4. The molecular weight excluding hydrogens is 344 g/mol. The number of carbonyl (C=O) groups excluding carboxylic acids is 2. The van der Waals surface area contributed by atoms with Crippen LogP contribution in [0.2, 0.25) is 0 Å². The third-order valence-corrected chi connectivity index (χ3v) is 4.62. The summed E-state index contributed by atoms with van der Waals surface area (Å²) in [4.78, 5) is 24.9. The molecule has 27 heavy (non-hydrogen) atoms. The summed E-state index contributed by atoms with van der Waals surface area (Å²) in [7, 11) is 0. The molecule has 1 aromatic heterocycles. The van der Waals surface area contributed by atoms with E-state index in [0.29, 0.717) is 24.2 Å². The second-order valence-corrected chi connectivity index (χ2v) is 7.02. The predicted molar refractivity (Wildman–Crippen MR) is 105 cm³/mol. The Hall–Kier alpha value is -2.87. The molecular formula is C19H26N6O2. The van der Waals surface area contributed by atoms with Gasteiger partial charge in [0.2, 0.25) is 0 Å². The van der Waals surface area contributed by atoms with Crippen LogP contribution in [0.5, 0.6) is 0 Å². The zero-order chi connectivity index (χ0) is 19.3. The minimum atomic E-state index is -0.692. The SMILES string of the molecule is CC(C)NC(=O)Nc1ccc(NC(=O)C2(n3cccn3)CCNCC2)cc1. The van der Waals surface area contributed by atoms with E-state index >= 15 is 0 Å². The summed E-state index contributed by atoms with van der Waals surface area (Å²) in [5.74, 6) is -0.0778. The Balaban J connectivity index is 1.68. The number of anilines is 2. The van der Waals surface area contributed by atoms with Crippen molar-refractivity contribution in [2.75, 3.05) is 23.7 Å². The molecule has 2 aromatic rings. The van der Waals surface area contributed by atoms with Gasteiger partial charge in [0, 0.05) is 29.8 Å². The van der Waals surface area contributed by atoms with Gasteiger partial charge in [0.25, 0.3) is 5.91 Å². The van der Waals surface area contributed by atoms with Crippen molar-refractivity contribution in [2.45, 2.75) is 38.3 Å². The topological polar surface area (TPSA) is 100 Å². The first-order valence-corrected chi connectivity index (χ1v) is 9.19. The van der Waals surface area contributed by atoms with Crippen molar-refractivity contribution in [3.05, 3.63) is 42.7 Å². The van der Waals surface area contributed by atoms with E-state index in [1.165, 1.54) is 0 Å². The van der Waals surface area contributed by atoms with Crippen LogP contribution in [-0.2, 0) is 10.3 Å². The Kier molecular flexibility index (Phi) is 5.75. The number of amides is 3. The van der Waals surface area contributed by atoms with Gasteiger partial charge in [0.1, 0.15) is 5.54 Å². The van der Waals surface area contributed by atoms with Crippen molar-refractivity contribution >= 4 is 23.3 Å². The second kappa shape index (κ2) is 8.22. The lowest BCUT2D eigenvalue weighted by molar-refractivity contribution is -0.126. The highest BCUT2D eigenvalue weighted by Crippen LogP contribution is 2.29. The van der Waals surface area contributed by atoms with Crippen LogP contribution in [-0.4, -0.2) is 40.9 Å². The Bertz CT molecular complexity index is 764. The van der Waals surface area contributed by atoms with Crippen LogP contribution in [0.4, 0.5) is 16.2 Å². The van der Waals surface area contributed by atoms with Crippen molar-refractivity contribution in [3.8, 4) is 0 Å². The number of rotatable bonds is 5. The predicted octanol–water partition coefficient (Wildman–Crippen LogP) is 2.13. The van der Waals surface area contributed by atoms with Crippen LogP contribution < -0.4 is 21.3 Å². The third kappa shape index (κ3) is 4.46. The molecule has 1 aliphatic heterocycles. The monoisotopic (exact) mass is 370 g/mol. The van der Waals surface area contributed by atoms with E-state index in [9.17, 15) is 9.59 Å². The van der Waals surface area contributed by atoms with Crippen molar-refractivity contribution in [2.24, 2.45) is 0 Å². The van der Waals surface area contributed by atoms with Crippen LogP contribution in [0.3, 0.4) is 0 Å². The van der Waals surface area contributed by atoms with Gasteiger partial charge < -0.3 is 21.3 Å². The molecule has 0 bridgehead atoms. The average molecular weight is 370 g/mol. The highest BCUT2D eigenvalue weighted by atomic mass is 16.2. The first-order valence-electron chi connectivity index (χ1n) is 9.19. The lowest BCUT2D eigenvalue weighted by Gasteiger charge is -2.36. The highest BCUT2D eigenvalue weighted by Gasteiger charge is 2.42. The minimum Gasteiger partial charge on any atom is -0.336 e. The van der Waals surface area contributed by atoms with E-state index in [2.05, 4.69) is 26.4 Å². The summed E-state index contributed by atoms with van der Waals surface area (Å²) in [5, 5.41) is 16.1. The van der Waals surface area contributed by atoms with Crippen LogP contribution in [0.15, 0.2) is 42.7 Å². The minimum absolute atomic E-state index is 0.0621. The molecule has 144 valence electrons. The fraction of sp³-hybridized carbons (Fsp3) is 0.421. The lowest BCUT2D eigenvalue weighted by Crippen LogP contribution is -2.52. The standard InChI is InChI=1S/C19H26N6O2/c1-14(2)22-18(27)24-16-6-4-15(5-7-16)23-17(26)19(8-11-20-12-9-19)25-13-3-10-21-25/h3-7,10,13-14,20H,8-9,11-12H2,1-2H3,(H,23,26)(H2,22,24,27). The van der Waals surface area contributed by atoms with Gasteiger partial charge in [0.15, 0.2) is 0 Å². The molecule has 0 spiro atoms. The number of hydrogen-bond acceptors (Lipinski definition) is 4. The van der Waals surface area contributed by atoms with Gasteiger partial charge in [-0.3, -0.25) is 9.48 Å². The van der Waals surface area contributed by atoms with Gasteiger partial charge in [0.05, 0.1) is 0 Å². The third-order valence-electron chi connectivity index (χ3n) is 4.62. The van der Waals surface area contributed by atoms with Gasteiger partial charge in [-0.25, -0.2) is 4.79 Å². The molecule has 8 heteroatoms. The number of benzene rings is 1. The molecule has 3 amide bonds. The molecule has 0 saturated carbocycles. The number of aromatic nitrogens is 2. The quantitative estimate of drug-likeness (QED) is 0.648. The maximum Gasteiger partial charge on any atom is 0.319 e. The van der Waals surface area contributed by atoms with E-state index in [1.54, 1.807) is 35.1 Å². The average Bonchev–Trinajstić information content (AvgIpc) is 3.18. The van der Waals surface area contributed by atoms with Crippen molar-refractivity contribution in [1.29, 1.82) is 0 Å². The van der Waals surface area contributed by atoms with E-state index in [-0.39, 0.29) is 18.0 Å². The van der Waals surface area contributed by atoms with Gasteiger partial charge in [-0.05, 0) is 70.1 Å². The second-order valence-electron chi connectivity index (χ2n) is 7.02. The van der Waals surface area contributed by atoms with Crippen LogP contribution in [0, 0.1) is 0 Å². The molecule has 4 N–H and O–H groups in total. The van der Waals surface area contributed by atoms with Gasteiger partial charge in [-0.15, -0.1) is 0 Å². The smallest absolute Gasteiger partial charge is 0.319 e. The number of carbonyl (C=O) groups is 2. The largest absolute Gasteiger partial charge is 0.336 e. The molecule has 1 saturated heterocycles. The summed E-state index contributed by atoms with van der Waals surface area (Å²) >= 11 is 0. The maximum atomic E-state index is 13.1. The van der Waals surface area contributed by atoms with Gasteiger partial charge in [-0.1, -0.05) is 0 Å². The summed E-state index contributed by atoms with van der Waals surface area (Å²) in [6.07, 6.45) is 4.88. The molecule has 0 radical (unpaired) electrons. The molecule has 1 aromatic carbocycles. The van der Waals surface area contributed by atoms with Crippen LogP contribution in [0.1, 0.15) is 26.7 Å². The summed E-state index contributed by atoms with van der Waals surface area (Å²) in [6, 6.07) is 8.72. The Morgan fingerprint density at radius 3 is 2.30 bits per heavy atom. The molecule has 0 aliphatic carbocycles. The van der Waals surface area contributed by atoms with E-state index in [1.807, 2.05) is 26.1 Å². The van der Waals surface area contributed by atoms with E-state index in [4.69, 9.17) is 0 Å². The Morgan fingerprint density at radius 1 is 1.11 bits per heavy atom. The van der Waals surface area contributed by atoms with Crippen LogP contribution >= 0.6 is 0 Å². The first kappa shape index (κ1) is 18.9. The van der Waals surface area contributed by atoms with Gasteiger partial charge >= 0.3 is 6.03 Å². The van der Waals surface area contributed by atoms with Gasteiger partial charge in [-0.2, -0.15) is 5.10 Å². The Labute approximate surface area is 158 Å². The summed E-state index contributed by atoms with van der Waals surface area (Å²) < 4.78 is 1.76. The van der Waals surface area contributed by atoms with E-state index in [0.717, 1.165) is 13.1 Å². The normalized spacial score (nSPS) is 16.0. The maximum absolute atomic E-state index is 13.1. The lowest BCUT2D eigenvalue weighted by atomic mass is 9.87. The van der Waals surface area contributed by atoms with Crippen molar-refractivity contribution in [1.82, 2.24) is 20.4 Å². The number of nitrogens with one attached hydrogen (secondary N) is 4. The molecule has 0 atom stereocenters. The summed E-state index contributed by atoms with van der Waals surface area (Å²) in [6.45, 7) is 5.32. The zero-order valence-electron chi connectivity index (χ0n) is 15.7. The number of urea groups is 1. The van der Waals surface area contributed by atoms with Crippen molar-refractivity contribution < 1.29 is 9.59 Å². The molecule has 3 rings (SSSR count). The Morgan fingerprint density at radius 2 is 1.74 bits per heavy atom. The molecule has 0 unspecified atom stereocenters. The number of nitrogens with zero attached hydrogens (tertiary/aromatic N) is 2. The summed E-state index contributed by atoms with van der Waals surface area (Å²) in [5.41, 5.74) is 0.651. The molecule has 2 heterocycles.